The Morgan fingerprint density at radius 1 is 1.44 bits per heavy atom. The molecule has 0 saturated carbocycles. The molecule has 0 saturated heterocycles. The quantitative estimate of drug-likeness (QED) is 0.598. The molecule has 5 N–H and O–H groups in total. The van der Waals surface area contributed by atoms with Crippen LogP contribution in [0.4, 0.5) is 11.8 Å². The van der Waals surface area contributed by atoms with E-state index in [2.05, 4.69) is 15.3 Å². The number of rotatable bonds is 5. The summed E-state index contributed by atoms with van der Waals surface area (Å²) in [5.41, 5.74) is 6.21. The lowest BCUT2D eigenvalue weighted by atomic mass is 10.4. The second-order valence-electron chi connectivity index (χ2n) is 3.40. The Morgan fingerprint density at radius 2 is 2.12 bits per heavy atom. The maximum Gasteiger partial charge on any atom is 0.222 e. The molecule has 1 aromatic heterocycles. The highest BCUT2D eigenvalue weighted by Gasteiger charge is 2.02. The van der Waals surface area contributed by atoms with Gasteiger partial charge >= 0.3 is 0 Å². The molecule has 0 spiro atoms. The Morgan fingerprint density at radius 3 is 2.69 bits per heavy atom. The molecule has 0 aliphatic carbocycles. The monoisotopic (exact) mass is 245 g/mol. The van der Waals surface area contributed by atoms with E-state index in [0.717, 1.165) is 5.69 Å². The molecule has 1 aromatic rings. The van der Waals surface area contributed by atoms with Crippen molar-refractivity contribution < 1.29 is 8.42 Å². The van der Waals surface area contributed by atoms with Gasteiger partial charge in [0.15, 0.2) is 0 Å². The van der Waals surface area contributed by atoms with E-state index in [-0.39, 0.29) is 11.7 Å². The van der Waals surface area contributed by atoms with Gasteiger partial charge in [0.1, 0.15) is 5.82 Å². The van der Waals surface area contributed by atoms with Crippen LogP contribution in [-0.4, -0.2) is 30.7 Å². The van der Waals surface area contributed by atoms with E-state index in [4.69, 9.17) is 10.9 Å². The molecule has 0 aliphatic rings. The normalized spacial score (nSPS) is 11.4. The van der Waals surface area contributed by atoms with Crippen LogP contribution in [-0.2, 0) is 10.0 Å². The maximum atomic E-state index is 10.7. The minimum absolute atomic E-state index is 0.0560. The van der Waals surface area contributed by atoms with Crippen LogP contribution in [0.25, 0.3) is 0 Å². The van der Waals surface area contributed by atoms with Gasteiger partial charge in [0.25, 0.3) is 0 Å². The SMILES string of the molecule is Cc1cc(NCCCS(N)(=O)=O)nc(N)n1. The average Bonchev–Trinajstić information content (AvgIpc) is 2.09. The topological polar surface area (TPSA) is 124 Å². The molecular weight excluding hydrogens is 230 g/mol. The summed E-state index contributed by atoms with van der Waals surface area (Å²) in [6, 6.07) is 1.73. The van der Waals surface area contributed by atoms with Crippen LogP contribution in [0.1, 0.15) is 12.1 Å². The zero-order valence-corrected chi connectivity index (χ0v) is 9.79. The van der Waals surface area contributed by atoms with E-state index < -0.39 is 10.0 Å². The molecular formula is C8H15N5O2S. The number of sulfonamides is 1. The number of nitrogen functional groups attached to an aromatic ring is 1. The first-order valence-corrected chi connectivity index (χ1v) is 6.44. The van der Waals surface area contributed by atoms with E-state index >= 15 is 0 Å². The van der Waals surface area contributed by atoms with E-state index in [1.165, 1.54) is 0 Å². The third-order valence-electron chi connectivity index (χ3n) is 1.78. The van der Waals surface area contributed by atoms with Crippen LogP contribution in [0, 0.1) is 6.92 Å². The molecule has 0 aromatic carbocycles. The minimum Gasteiger partial charge on any atom is -0.370 e. The Hall–Kier alpha value is -1.41. The van der Waals surface area contributed by atoms with E-state index in [1.807, 2.05) is 0 Å². The highest BCUT2D eigenvalue weighted by molar-refractivity contribution is 7.89. The Bertz CT molecular complexity index is 439. The summed E-state index contributed by atoms with van der Waals surface area (Å²) in [6.07, 6.45) is 0.418. The van der Waals surface area contributed by atoms with E-state index in [1.54, 1.807) is 13.0 Å². The number of hydrogen-bond acceptors (Lipinski definition) is 6. The highest BCUT2D eigenvalue weighted by atomic mass is 32.2. The predicted octanol–water partition coefficient (Wildman–Crippen LogP) is -0.542. The third kappa shape index (κ3) is 4.89. The number of nitrogens with two attached hydrogens (primary N) is 2. The Balaban J connectivity index is 2.43. The number of hydrogen-bond donors (Lipinski definition) is 3. The summed E-state index contributed by atoms with van der Waals surface area (Å²) in [4.78, 5) is 7.86. The first kappa shape index (κ1) is 12.7. The summed E-state index contributed by atoms with van der Waals surface area (Å²) >= 11 is 0. The first-order valence-electron chi connectivity index (χ1n) is 4.72. The van der Waals surface area contributed by atoms with Gasteiger partial charge in [-0.05, 0) is 13.3 Å². The van der Waals surface area contributed by atoms with E-state index in [0.29, 0.717) is 18.8 Å². The van der Waals surface area contributed by atoms with Crippen LogP contribution < -0.4 is 16.2 Å². The van der Waals surface area contributed by atoms with Crippen LogP contribution in [0.3, 0.4) is 0 Å². The van der Waals surface area contributed by atoms with Crippen molar-refractivity contribution in [3.05, 3.63) is 11.8 Å². The van der Waals surface area contributed by atoms with Crippen molar-refractivity contribution in [1.29, 1.82) is 0 Å². The Kier molecular flexibility index (Phi) is 4.02. The molecule has 8 heteroatoms. The summed E-state index contributed by atoms with van der Waals surface area (Å²) in [6.45, 7) is 2.26. The largest absolute Gasteiger partial charge is 0.370 e. The minimum atomic E-state index is -3.39. The van der Waals surface area contributed by atoms with Gasteiger partial charge < -0.3 is 11.1 Å². The average molecular weight is 245 g/mol. The molecule has 90 valence electrons. The summed E-state index contributed by atoms with van der Waals surface area (Å²) in [5.74, 6) is 0.716. The lowest BCUT2D eigenvalue weighted by Gasteiger charge is -2.06. The summed E-state index contributed by atoms with van der Waals surface area (Å²) in [5, 5.41) is 7.81. The number of primary sulfonamides is 1. The number of aromatic nitrogens is 2. The number of nitrogens with zero attached hydrogens (tertiary/aromatic N) is 2. The molecule has 0 unspecified atom stereocenters. The molecule has 0 amide bonds. The van der Waals surface area contributed by atoms with Gasteiger partial charge in [0, 0.05) is 18.3 Å². The van der Waals surface area contributed by atoms with Crippen LogP contribution in [0.2, 0.25) is 0 Å². The van der Waals surface area contributed by atoms with Crippen molar-refractivity contribution in [2.75, 3.05) is 23.3 Å². The molecule has 1 heterocycles. The van der Waals surface area contributed by atoms with Gasteiger partial charge in [-0.15, -0.1) is 0 Å². The van der Waals surface area contributed by atoms with Gasteiger partial charge in [-0.3, -0.25) is 0 Å². The zero-order valence-electron chi connectivity index (χ0n) is 8.97. The van der Waals surface area contributed by atoms with Crippen molar-refractivity contribution in [3.8, 4) is 0 Å². The first-order chi connectivity index (χ1) is 7.37. The summed E-state index contributed by atoms with van der Waals surface area (Å²) < 4.78 is 21.3. The molecule has 7 nitrogen and oxygen atoms in total. The van der Waals surface area contributed by atoms with Gasteiger partial charge in [-0.25, -0.2) is 18.5 Å². The van der Waals surface area contributed by atoms with Crippen LogP contribution in [0.5, 0.6) is 0 Å². The fourth-order valence-electron chi connectivity index (χ4n) is 1.17. The smallest absolute Gasteiger partial charge is 0.222 e. The zero-order chi connectivity index (χ0) is 12.2. The predicted molar refractivity (Wildman–Crippen MR) is 62.3 cm³/mol. The number of aryl methyl sites for hydroxylation is 1. The van der Waals surface area contributed by atoms with Crippen LogP contribution >= 0.6 is 0 Å². The number of nitrogens with one attached hydrogen (secondary N) is 1. The lowest BCUT2D eigenvalue weighted by Crippen LogP contribution is -2.19. The lowest BCUT2D eigenvalue weighted by molar-refractivity contribution is 0.595. The van der Waals surface area contributed by atoms with Gasteiger partial charge in [-0.2, -0.15) is 4.98 Å². The molecule has 0 aliphatic heterocycles. The molecule has 16 heavy (non-hydrogen) atoms. The van der Waals surface area contributed by atoms with Crippen molar-refractivity contribution in [2.24, 2.45) is 5.14 Å². The molecule has 0 bridgehead atoms. The number of anilines is 2. The van der Waals surface area contributed by atoms with Gasteiger partial charge in [-0.1, -0.05) is 0 Å². The van der Waals surface area contributed by atoms with Crippen molar-refractivity contribution >= 4 is 21.8 Å². The van der Waals surface area contributed by atoms with Gasteiger partial charge in [0.2, 0.25) is 16.0 Å². The van der Waals surface area contributed by atoms with Crippen molar-refractivity contribution in [3.63, 3.8) is 0 Å². The molecule has 0 fully saturated rings. The van der Waals surface area contributed by atoms with Crippen molar-refractivity contribution in [2.45, 2.75) is 13.3 Å². The highest BCUT2D eigenvalue weighted by Crippen LogP contribution is 2.06. The third-order valence-corrected chi connectivity index (χ3v) is 2.64. The fourth-order valence-corrected chi connectivity index (χ4v) is 1.72. The van der Waals surface area contributed by atoms with Crippen LogP contribution in [0.15, 0.2) is 6.07 Å². The standard InChI is InChI=1S/C8H15N5O2S/c1-6-5-7(13-8(9)12-6)11-3-2-4-16(10,14)15/h5H,2-4H2,1H3,(H2,10,14,15)(H3,9,11,12,13). The second-order valence-corrected chi connectivity index (χ2v) is 5.13. The molecule has 0 radical (unpaired) electrons. The molecule has 1 rings (SSSR count). The second kappa shape index (κ2) is 5.08. The van der Waals surface area contributed by atoms with E-state index in [9.17, 15) is 8.42 Å². The maximum absolute atomic E-state index is 10.7. The van der Waals surface area contributed by atoms with Crippen molar-refractivity contribution in [1.82, 2.24) is 9.97 Å². The Labute approximate surface area is 94.3 Å². The molecule has 0 atom stereocenters. The fraction of sp³-hybridized carbons (Fsp3) is 0.500. The van der Waals surface area contributed by atoms with Gasteiger partial charge in [0.05, 0.1) is 5.75 Å². The summed E-state index contributed by atoms with van der Waals surface area (Å²) in [7, 11) is -3.39.